The number of carbonyl (C=O) groups is 1. The van der Waals surface area contributed by atoms with E-state index in [9.17, 15) is 9.90 Å². The van der Waals surface area contributed by atoms with Crippen LogP contribution < -0.4 is 0 Å². The fraction of sp³-hybridized carbons (Fsp3) is 0.500. The molecule has 0 aliphatic heterocycles. The van der Waals surface area contributed by atoms with Crippen LogP contribution in [-0.2, 0) is 9.53 Å². The van der Waals surface area contributed by atoms with Crippen molar-refractivity contribution in [1.29, 1.82) is 0 Å². The SMILES string of the molecule is COC1=CCC(C2CCCC=C2Cl)C(=CO)C1=O. The third kappa shape index (κ3) is 2.32. The predicted molar refractivity (Wildman–Crippen MR) is 70.2 cm³/mol. The largest absolute Gasteiger partial charge is 0.515 e. The molecule has 3 nitrogen and oxygen atoms in total. The first kappa shape index (κ1) is 13.2. The van der Waals surface area contributed by atoms with Crippen molar-refractivity contribution in [2.24, 2.45) is 11.8 Å². The third-order valence-electron chi connectivity index (χ3n) is 3.70. The number of hydrogen-bond donors (Lipinski definition) is 1. The topological polar surface area (TPSA) is 46.5 Å². The highest BCUT2D eigenvalue weighted by atomic mass is 35.5. The molecule has 0 aromatic rings. The number of aliphatic hydroxyl groups is 1. The van der Waals surface area contributed by atoms with Crippen LogP contribution in [-0.4, -0.2) is 18.0 Å². The quantitative estimate of drug-likeness (QED) is 0.616. The molecule has 0 saturated heterocycles. The van der Waals surface area contributed by atoms with Gasteiger partial charge in [0.05, 0.1) is 13.4 Å². The lowest BCUT2D eigenvalue weighted by Crippen LogP contribution is -2.28. The Morgan fingerprint density at radius 2 is 2.22 bits per heavy atom. The zero-order valence-electron chi connectivity index (χ0n) is 10.4. The van der Waals surface area contributed by atoms with Gasteiger partial charge in [0.1, 0.15) is 0 Å². The minimum absolute atomic E-state index is 0.0366. The Morgan fingerprint density at radius 1 is 1.44 bits per heavy atom. The van der Waals surface area contributed by atoms with Crippen molar-refractivity contribution in [2.75, 3.05) is 7.11 Å². The lowest BCUT2D eigenvalue weighted by molar-refractivity contribution is -0.116. The average molecular weight is 269 g/mol. The van der Waals surface area contributed by atoms with Gasteiger partial charge in [-0.3, -0.25) is 4.79 Å². The highest BCUT2D eigenvalue weighted by Crippen LogP contribution is 2.41. The smallest absolute Gasteiger partial charge is 0.226 e. The van der Waals surface area contributed by atoms with E-state index in [2.05, 4.69) is 0 Å². The standard InChI is InChI=1S/C14H17ClO3/c1-18-13-7-6-9(11(8-16)14(13)17)10-4-2-3-5-12(10)15/h5,7-10,16H,2-4,6H2,1H3. The van der Waals surface area contributed by atoms with Crippen molar-refractivity contribution in [1.82, 2.24) is 0 Å². The van der Waals surface area contributed by atoms with Gasteiger partial charge in [-0.15, -0.1) is 0 Å². The molecule has 2 aliphatic rings. The second kappa shape index (κ2) is 5.61. The molecule has 2 unspecified atom stereocenters. The molecule has 0 amide bonds. The van der Waals surface area contributed by atoms with Gasteiger partial charge in [0.25, 0.3) is 0 Å². The summed E-state index contributed by atoms with van der Waals surface area (Å²) in [5.41, 5.74) is 0.410. The van der Waals surface area contributed by atoms with Crippen molar-refractivity contribution < 1.29 is 14.6 Å². The van der Waals surface area contributed by atoms with Crippen LogP contribution in [0.3, 0.4) is 0 Å². The maximum absolute atomic E-state index is 12.1. The number of aliphatic hydroxyl groups excluding tert-OH is 1. The number of methoxy groups -OCH3 is 1. The molecule has 4 heteroatoms. The molecule has 0 radical (unpaired) electrons. The Morgan fingerprint density at radius 3 is 2.83 bits per heavy atom. The summed E-state index contributed by atoms with van der Waals surface area (Å²) in [6, 6.07) is 0. The van der Waals surface area contributed by atoms with Crippen LogP contribution >= 0.6 is 11.6 Å². The summed E-state index contributed by atoms with van der Waals surface area (Å²) in [5.74, 6) is 0.177. The lowest BCUT2D eigenvalue weighted by Gasteiger charge is -2.32. The van der Waals surface area contributed by atoms with E-state index in [4.69, 9.17) is 16.3 Å². The maximum atomic E-state index is 12.1. The minimum Gasteiger partial charge on any atom is -0.515 e. The van der Waals surface area contributed by atoms with E-state index in [1.165, 1.54) is 7.11 Å². The van der Waals surface area contributed by atoms with E-state index >= 15 is 0 Å². The number of Topliss-reactive ketones (excluding diaryl/α,β-unsaturated/α-hetero) is 1. The van der Waals surface area contributed by atoms with E-state index in [-0.39, 0.29) is 17.6 Å². The predicted octanol–water partition coefficient (Wildman–Crippen LogP) is 3.47. The van der Waals surface area contributed by atoms with Gasteiger partial charge in [-0.2, -0.15) is 0 Å². The van der Waals surface area contributed by atoms with Gasteiger partial charge >= 0.3 is 0 Å². The van der Waals surface area contributed by atoms with E-state index in [0.717, 1.165) is 30.6 Å². The molecule has 18 heavy (non-hydrogen) atoms. The van der Waals surface area contributed by atoms with E-state index in [1.807, 2.05) is 6.08 Å². The Bertz CT molecular complexity index is 434. The van der Waals surface area contributed by atoms with Gasteiger partial charge in [0, 0.05) is 22.4 Å². The molecule has 1 N–H and O–H groups in total. The van der Waals surface area contributed by atoms with Crippen LogP contribution in [0, 0.1) is 11.8 Å². The zero-order valence-corrected chi connectivity index (χ0v) is 11.1. The highest BCUT2D eigenvalue weighted by Gasteiger charge is 2.35. The van der Waals surface area contributed by atoms with Crippen molar-refractivity contribution in [2.45, 2.75) is 25.7 Å². The second-order valence-corrected chi connectivity index (χ2v) is 5.09. The van der Waals surface area contributed by atoms with E-state index in [1.54, 1.807) is 6.08 Å². The van der Waals surface area contributed by atoms with Crippen LogP contribution in [0.25, 0.3) is 0 Å². The molecular formula is C14H17ClO3. The highest BCUT2D eigenvalue weighted by molar-refractivity contribution is 6.30. The number of allylic oxidation sites excluding steroid dienone is 4. The number of hydrogen-bond acceptors (Lipinski definition) is 3. The minimum atomic E-state index is -0.230. The number of carbonyl (C=O) groups excluding carboxylic acids is 1. The van der Waals surface area contributed by atoms with Gasteiger partial charge in [0.15, 0.2) is 5.76 Å². The number of halogens is 1. The monoisotopic (exact) mass is 268 g/mol. The van der Waals surface area contributed by atoms with Gasteiger partial charge < -0.3 is 9.84 Å². The molecule has 0 spiro atoms. The van der Waals surface area contributed by atoms with Gasteiger partial charge in [-0.05, 0) is 31.8 Å². The second-order valence-electron chi connectivity index (χ2n) is 4.65. The van der Waals surface area contributed by atoms with Crippen LogP contribution in [0.5, 0.6) is 0 Å². The first-order valence-corrected chi connectivity index (χ1v) is 6.55. The molecule has 0 fully saturated rings. The summed E-state index contributed by atoms with van der Waals surface area (Å²) >= 11 is 6.25. The molecule has 0 saturated carbocycles. The Kier molecular flexibility index (Phi) is 4.12. The Balaban J connectivity index is 2.29. The Labute approximate surface area is 112 Å². The maximum Gasteiger partial charge on any atom is 0.226 e. The van der Waals surface area contributed by atoms with Crippen LogP contribution in [0.4, 0.5) is 0 Å². The van der Waals surface area contributed by atoms with Crippen LogP contribution in [0.1, 0.15) is 25.7 Å². The summed E-state index contributed by atoms with van der Waals surface area (Å²) in [5, 5.41) is 10.1. The summed E-state index contributed by atoms with van der Waals surface area (Å²) in [7, 11) is 1.46. The first-order chi connectivity index (χ1) is 8.69. The van der Waals surface area contributed by atoms with Crippen molar-refractivity contribution >= 4 is 17.4 Å². The zero-order chi connectivity index (χ0) is 13.1. The third-order valence-corrected chi connectivity index (χ3v) is 4.13. The van der Waals surface area contributed by atoms with Gasteiger partial charge in [-0.1, -0.05) is 17.7 Å². The molecule has 2 atom stereocenters. The summed E-state index contributed by atoms with van der Waals surface area (Å²) in [6.07, 6.45) is 8.43. The summed E-state index contributed by atoms with van der Waals surface area (Å²) < 4.78 is 5.01. The van der Waals surface area contributed by atoms with Crippen molar-refractivity contribution in [3.63, 3.8) is 0 Å². The molecular weight excluding hydrogens is 252 g/mol. The van der Waals surface area contributed by atoms with Crippen LogP contribution in [0.2, 0.25) is 0 Å². The van der Waals surface area contributed by atoms with E-state index < -0.39 is 0 Å². The average Bonchev–Trinajstić information content (AvgIpc) is 2.39. The number of rotatable bonds is 2. The number of ether oxygens (including phenoxy) is 1. The first-order valence-electron chi connectivity index (χ1n) is 6.17. The molecule has 0 aromatic carbocycles. The molecule has 2 aliphatic carbocycles. The van der Waals surface area contributed by atoms with Crippen molar-refractivity contribution in [3.05, 3.63) is 34.8 Å². The van der Waals surface area contributed by atoms with Crippen LogP contribution in [0.15, 0.2) is 34.8 Å². The summed E-state index contributed by atoms with van der Waals surface area (Å²) in [6.45, 7) is 0. The fourth-order valence-corrected chi connectivity index (χ4v) is 3.11. The molecule has 98 valence electrons. The van der Waals surface area contributed by atoms with Crippen molar-refractivity contribution in [3.8, 4) is 0 Å². The molecule has 0 aromatic heterocycles. The molecule has 0 bridgehead atoms. The molecule has 0 heterocycles. The fourth-order valence-electron chi connectivity index (χ4n) is 2.74. The van der Waals surface area contributed by atoms with Gasteiger partial charge in [-0.25, -0.2) is 0 Å². The lowest BCUT2D eigenvalue weighted by atomic mass is 9.74. The summed E-state index contributed by atoms with van der Waals surface area (Å²) in [4.78, 5) is 12.1. The Hall–Kier alpha value is -1.22. The van der Waals surface area contributed by atoms with Gasteiger partial charge in [0.2, 0.25) is 5.78 Å². The number of ketones is 1. The normalized spacial score (nSPS) is 31.0. The van der Waals surface area contributed by atoms with E-state index in [0.29, 0.717) is 17.8 Å². The molecule has 2 rings (SSSR count).